The third-order valence-corrected chi connectivity index (χ3v) is 7.33. The number of piperidine rings is 1. The molecule has 2 aliphatic rings. The molecule has 0 radical (unpaired) electrons. The van der Waals surface area contributed by atoms with Crippen LogP contribution in [0.25, 0.3) is 0 Å². The molecule has 2 amide bonds. The van der Waals surface area contributed by atoms with E-state index in [9.17, 15) is 23.6 Å². The number of hydrogen-bond acceptors (Lipinski definition) is 7. The number of allylic oxidation sites excluding steroid dienone is 4. The molecule has 1 fully saturated rings. The Morgan fingerprint density at radius 3 is 2.79 bits per heavy atom. The summed E-state index contributed by atoms with van der Waals surface area (Å²) in [5.41, 5.74) is 1.45. The van der Waals surface area contributed by atoms with Crippen molar-refractivity contribution >= 4 is 29.0 Å². The average molecular weight is 572 g/mol. The molecule has 11 heteroatoms. The molecular formula is C31H31F2N7O2. The molecule has 3 atom stereocenters. The van der Waals surface area contributed by atoms with Crippen molar-refractivity contribution in [1.82, 2.24) is 14.9 Å². The zero-order chi connectivity index (χ0) is 30.4. The fraction of sp³-hybridized carbons (Fsp3) is 0.290. The number of amides is 2. The first-order chi connectivity index (χ1) is 20.1. The number of nitrogens with zero attached hydrogens (tertiary/aromatic N) is 4. The minimum atomic E-state index is -3.26. The number of carbonyl (C=O) groups is 2. The third-order valence-electron chi connectivity index (χ3n) is 7.33. The van der Waals surface area contributed by atoms with Gasteiger partial charge in [-0.1, -0.05) is 38.3 Å². The summed E-state index contributed by atoms with van der Waals surface area (Å²) >= 11 is 0. The number of rotatable bonds is 9. The van der Waals surface area contributed by atoms with E-state index in [0.717, 1.165) is 25.0 Å². The van der Waals surface area contributed by atoms with E-state index >= 15 is 0 Å². The summed E-state index contributed by atoms with van der Waals surface area (Å²) in [6.07, 6.45) is 12.6. The second kappa shape index (κ2) is 12.7. The Kier molecular flexibility index (Phi) is 9.06. The van der Waals surface area contributed by atoms with Crippen LogP contribution in [0.1, 0.15) is 36.5 Å². The molecule has 4 rings (SSSR count). The fourth-order valence-corrected chi connectivity index (χ4v) is 5.03. The quantitative estimate of drug-likeness (QED) is 0.221. The van der Waals surface area contributed by atoms with Gasteiger partial charge in [-0.3, -0.25) is 20.0 Å². The molecule has 216 valence electrons. The average Bonchev–Trinajstić information content (AvgIpc) is 3.00. The third kappa shape index (κ3) is 6.49. The molecule has 1 aliphatic carbocycles. The molecular weight excluding hydrogens is 540 g/mol. The van der Waals surface area contributed by atoms with Crippen molar-refractivity contribution < 1.29 is 18.4 Å². The fourth-order valence-electron chi connectivity index (χ4n) is 5.03. The molecule has 2 aromatic heterocycles. The van der Waals surface area contributed by atoms with Crippen LogP contribution < -0.4 is 10.6 Å². The van der Waals surface area contributed by atoms with E-state index in [1.165, 1.54) is 24.7 Å². The van der Waals surface area contributed by atoms with Crippen LogP contribution in [-0.4, -0.2) is 51.5 Å². The maximum absolute atomic E-state index is 14.0. The summed E-state index contributed by atoms with van der Waals surface area (Å²) < 4.78 is 28.0. The van der Waals surface area contributed by atoms with Crippen LogP contribution in [0.3, 0.4) is 0 Å². The van der Waals surface area contributed by atoms with E-state index in [4.69, 9.17) is 5.41 Å². The maximum atomic E-state index is 14.0. The van der Waals surface area contributed by atoms with Crippen LogP contribution in [0.15, 0.2) is 79.8 Å². The molecule has 0 spiro atoms. The van der Waals surface area contributed by atoms with E-state index in [-0.39, 0.29) is 40.5 Å². The first kappa shape index (κ1) is 30.0. The van der Waals surface area contributed by atoms with Crippen molar-refractivity contribution in [3.8, 4) is 6.07 Å². The van der Waals surface area contributed by atoms with Gasteiger partial charge in [-0.05, 0) is 48.6 Å². The summed E-state index contributed by atoms with van der Waals surface area (Å²) in [6, 6.07) is 4.26. The summed E-state index contributed by atoms with van der Waals surface area (Å²) in [5.74, 6) is -4.84. The lowest BCUT2D eigenvalue weighted by atomic mass is 9.84. The molecule has 1 saturated heterocycles. The van der Waals surface area contributed by atoms with Crippen molar-refractivity contribution in [2.75, 3.05) is 23.7 Å². The molecule has 0 aromatic carbocycles. The summed E-state index contributed by atoms with van der Waals surface area (Å²) in [4.78, 5) is 35.0. The number of aromatic nitrogens is 2. The van der Waals surface area contributed by atoms with Crippen LogP contribution in [0.2, 0.25) is 0 Å². The zero-order valence-corrected chi connectivity index (χ0v) is 23.1. The number of carbonyl (C=O) groups excluding carboxylic acids is 2. The highest BCUT2D eigenvalue weighted by Gasteiger charge is 2.30. The Morgan fingerprint density at radius 1 is 1.31 bits per heavy atom. The molecule has 1 aliphatic heterocycles. The largest absolute Gasteiger partial charge is 0.379 e. The van der Waals surface area contributed by atoms with Crippen LogP contribution in [0.5, 0.6) is 0 Å². The van der Waals surface area contributed by atoms with Gasteiger partial charge in [0.15, 0.2) is 0 Å². The molecule has 0 bridgehead atoms. The molecule has 9 nitrogen and oxygen atoms in total. The lowest BCUT2D eigenvalue weighted by molar-refractivity contribution is -0.127. The molecule has 3 N–H and O–H groups in total. The number of pyridine rings is 2. The Morgan fingerprint density at radius 2 is 2.10 bits per heavy atom. The SMILES string of the molecule is C=CC(=O)N1CCC[C@@H](Nc2c(C#N)cncc2C(=N)C2=CC(C)C(C(=O)Nc3cc(C(F)(F)C=C)ccn3)C=C2)C1. The number of anilines is 2. The molecule has 0 saturated carbocycles. The lowest BCUT2D eigenvalue weighted by Gasteiger charge is -2.33. The highest BCUT2D eigenvalue weighted by molar-refractivity contribution is 6.16. The summed E-state index contributed by atoms with van der Waals surface area (Å²) in [5, 5.41) is 24.7. The number of alkyl halides is 2. The smallest absolute Gasteiger partial charge is 0.291 e. The van der Waals surface area contributed by atoms with Crippen LogP contribution in [-0.2, 0) is 15.5 Å². The second-order valence-electron chi connectivity index (χ2n) is 10.2. The number of halogens is 2. The van der Waals surface area contributed by atoms with E-state index in [1.54, 1.807) is 23.1 Å². The minimum Gasteiger partial charge on any atom is -0.379 e. The number of nitriles is 1. The van der Waals surface area contributed by atoms with Gasteiger partial charge in [0, 0.05) is 48.8 Å². The number of hydrogen-bond donors (Lipinski definition) is 3. The molecule has 42 heavy (non-hydrogen) atoms. The monoisotopic (exact) mass is 571 g/mol. The maximum Gasteiger partial charge on any atom is 0.291 e. The van der Waals surface area contributed by atoms with Crippen molar-refractivity contribution in [1.29, 1.82) is 10.7 Å². The van der Waals surface area contributed by atoms with Crippen molar-refractivity contribution in [2.24, 2.45) is 11.8 Å². The first-order valence-corrected chi connectivity index (χ1v) is 13.4. The Labute approximate surface area is 242 Å². The van der Waals surface area contributed by atoms with Gasteiger partial charge in [-0.25, -0.2) is 4.98 Å². The van der Waals surface area contributed by atoms with E-state index in [2.05, 4.69) is 39.8 Å². The predicted molar refractivity (Wildman–Crippen MR) is 156 cm³/mol. The Balaban J connectivity index is 1.51. The molecule has 2 aromatic rings. The first-order valence-electron chi connectivity index (χ1n) is 13.4. The summed E-state index contributed by atoms with van der Waals surface area (Å²) in [7, 11) is 0. The van der Waals surface area contributed by atoms with Gasteiger partial charge in [0.2, 0.25) is 11.8 Å². The van der Waals surface area contributed by atoms with Gasteiger partial charge < -0.3 is 15.5 Å². The minimum absolute atomic E-state index is 0.00618. The highest BCUT2D eigenvalue weighted by atomic mass is 19.3. The van der Waals surface area contributed by atoms with Gasteiger partial charge in [0.1, 0.15) is 11.9 Å². The van der Waals surface area contributed by atoms with E-state index < -0.39 is 17.7 Å². The second-order valence-corrected chi connectivity index (χ2v) is 10.2. The van der Waals surface area contributed by atoms with Crippen LogP contribution >= 0.6 is 0 Å². The van der Waals surface area contributed by atoms with Gasteiger partial charge in [-0.15, -0.1) is 0 Å². The van der Waals surface area contributed by atoms with Gasteiger partial charge in [0.25, 0.3) is 5.92 Å². The van der Waals surface area contributed by atoms with E-state index in [1.807, 2.05) is 6.92 Å². The van der Waals surface area contributed by atoms with E-state index in [0.29, 0.717) is 36.0 Å². The number of likely N-dealkylation sites (tertiary alicyclic amines) is 1. The predicted octanol–water partition coefficient (Wildman–Crippen LogP) is 4.97. The molecule has 2 unspecified atom stereocenters. The topological polar surface area (TPSA) is 135 Å². The Hall–Kier alpha value is -4.98. The standard InChI is InChI=1S/C31H31F2N7O2/c1-4-27(41)40-12-6-7-23(18-40)38-29-21(15-34)16-36-17-25(29)28(35)20-8-9-24(19(3)13-20)30(42)39-26-14-22(10-11-37-26)31(32,33)5-2/h4-5,8-11,13-14,16-17,19,23-24,35H,1-2,6-7,12,18H2,3H3,(H,36,38)(H,37,39,42)/t19?,23-,24?/m1/s1. The van der Waals surface area contributed by atoms with Crippen molar-refractivity contribution in [3.05, 3.63) is 96.5 Å². The van der Waals surface area contributed by atoms with Gasteiger partial charge in [0.05, 0.1) is 22.9 Å². The zero-order valence-electron chi connectivity index (χ0n) is 23.1. The molecule has 3 heterocycles. The lowest BCUT2D eigenvalue weighted by Crippen LogP contribution is -2.44. The Bertz CT molecular complexity index is 1530. The highest BCUT2D eigenvalue weighted by Crippen LogP contribution is 2.32. The number of nitrogens with one attached hydrogen (secondary N) is 3. The summed E-state index contributed by atoms with van der Waals surface area (Å²) in [6.45, 7) is 9.58. The van der Waals surface area contributed by atoms with Crippen molar-refractivity contribution in [2.45, 2.75) is 31.7 Å². The van der Waals surface area contributed by atoms with Gasteiger partial charge in [-0.2, -0.15) is 14.0 Å². The van der Waals surface area contributed by atoms with Crippen molar-refractivity contribution in [3.63, 3.8) is 0 Å². The normalized spacial score (nSPS) is 20.1. The van der Waals surface area contributed by atoms with Crippen LogP contribution in [0, 0.1) is 28.6 Å². The van der Waals surface area contributed by atoms with Crippen LogP contribution in [0.4, 0.5) is 20.3 Å². The van der Waals surface area contributed by atoms with Gasteiger partial charge >= 0.3 is 0 Å².